The first-order chi connectivity index (χ1) is 17.3. The molecule has 5 rings (SSSR count). The van der Waals surface area contributed by atoms with Gasteiger partial charge in [-0.25, -0.2) is 9.18 Å². The van der Waals surface area contributed by atoms with Gasteiger partial charge in [0.2, 0.25) is 0 Å². The van der Waals surface area contributed by atoms with Gasteiger partial charge in [0, 0.05) is 23.3 Å². The number of nitrogens with one attached hydrogen (secondary N) is 1. The fraction of sp³-hybridized carbons (Fsp3) is 0.179. The van der Waals surface area contributed by atoms with Gasteiger partial charge in [-0.15, -0.1) is 0 Å². The molecule has 1 saturated heterocycles. The van der Waals surface area contributed by atoms with Crippen LogP contribution < -0.4 is 10.2 Å². The van der Waals surface area contributed by atoms with Crippen LogP contribution in [0.1, 0.15) is 50.7 Å². The summed E-state index contributed by atoms with van der Waals surface area (Å²) in [6.45, 7) is 5.92. The summed E-state index contributed by atoms with van der Waals surface area (Å²) in [7, 11) is 0. The fourth-order valence-electron chi connectivity index (χ4n) is 5.02. The second-order valence-electron chi connectivity index (χ2n) is 8.92. The number of benzene rings is 2. The van der Waals surface area contributed by atoms with Gasteiger partial charge in [-0.1, -0.05) is 24.3 Å². The Kier molecular flexibility index (Phi) is 6.05. The zero-order valence-corrected chi connectivity index (χ0v) is 20.9. The van der Waals surface area contributed by atoms with E-state index >= 15 is 4.39 Å². The van der Waals surface area contributed by atoms with Crippen molar-refractivity contribution in [3.63, 3.8) is 0 Å². The van der Waals surface area contributed by atoms with Crippen LogP contribution in [0.25, 0.3) is 5.69 Å². The van der Waals surface area contributed by atoms with E-state index in [-0.39, 0.29) is 23.5 Å². The van der Waals surface area contributed by atoms with Crippen molar-refractivity contribution in [2.24, 2.45) is 0 Å². The highest BCUT2D eigenvalue weighted by atomic mass is 32.1. The lowest BCUT2D eigenvalue weighted by molar-refractivity contribution is 0.0697. The summed E-state index contributed by atoms with van der Waals surface area (Å²) in [4.78, 5) is 18.1. The average molecular weight is 501 g/mol. The van der Waals surface area contributed by atoms with Crippen LogP contribution in [-0.2, 0) is 0 Å². The molecule has 3 heterocycles. The first kappa shape index (κ1) is 23.7. The minimum Gasteiger partial charge on any atom is -0.478 e. The molecule has 0 amide bonds. The Morgan fingerprint density at radius 3 is 2.47 bits per heavy atom. The van der Waals surface area contributed by atoms with E-state index < -0.39 is 5.97 Å². The fourth-order valence-corrected chi connectivity index (χ4v) is 5.36. The monoisotopic (exact) mass is 500 g/mol. The van der Waals surface area contributed by atoms with E-state index in [9.17, 15) is 9.90 Å². The molecule has 1 aliphatic rings. The van der Waals surface area contributed by atoms with Crippen LogP contribution >= 0.6 is 12.2 Å². The Morgan fingerprint density at radius 2 is 1.78 bits per heavy atom. The van der Waals surface area contributed by atoms with Gasteiger partial charge in [-0.3, -0.25) is 4.98 Å². The van der Waals surface area contributed by atoms with E-state index in [1.54, 1.807) is 36.5 Å². The molecule has 1 fully saturated rings. The van der Waals surface area contributed by atoms with Gasteiger partial charge in [-0.2, -0.15) is 0 Å². The van der Waals surface area contributed by atoms with Gasteiger partial charge >= 0.3 is 5.97 Å². The summed E-state index contributed by atoms with van der Waals surface area (Å²) in [6.07, 6.45) is 1.73. The highest BCUT2D eigenvalue weighted by Gasteiger charge is 2.43. The summed E-state index contributed by atoms with van der Waals surface area (Å²) in [6, 6.07) is 18.7. The van der Waals surface area contributed by atoms with Crippen LogP contribution in [0.5, 0.6) is 0 Å². The lowest BCUT2D eigenvalue weighted by Gasteiger charge is -2.28. The maximum Gasteiger partial charge on any atom is 0.335 e. The summed E-state index contributed by atoms with van der Waals surface area (Å²) >= 11 is 5.73. The van der Waals surface area contributed by atoms with Crippen molar-refractivity contribution < 1.29 is 14.3 Å². The number of para-hydroxylation sites is 1. The summed E-state index contributed by atoms with van der Waals surface area (Å²) in [5.74, 6) is -1.35. The second kappa shape index (κ2) is 9.20. The average Bonchev–Trinajstić information content (AvgIpc) is 3.35. The number of hydrogen-bond donors (Lipinski definition) is 2. The molecular formula is C28H25FN4O2S. The van der Waals surface area contributed by atoms with Gasteiger partial charge in [0.05, 0.1) is 29.0 Å². The van der Waals surface area contributed by atoms with Crippen molar-refractivity contribution in [1.29, 1.82) is 0 Å². The molecule has 36 heavy (non-hydrogen) atoms. The molecule has 0 saturated carbocycles. The Bertz CT molecular complexity index is 1480. The largest absolute Gasteiger partial charge is 0.478 e. The maximum absolute atomic E-state index is 15.1. The van der Waals surface area contributed by atoms with Crippen molar-refractivity contribution >= 4 is 29.0 Å². The number of aromatic nitrogens is 2. The van der Waals surface area contributed by atoms with E-state index in [0.717, 1.165) is 33.9 Å². The summed E-state index contributed by atoms with van der Waals surface area (Å²) < 4.78 is 17.1. The minimum atomic E-state index is -0.981. The molecule has 2 unspecified atom stereocenters. The minimum absolute atomic E-state index is 0.215. The zero-order valence-electron chi connectivity index (χ0n) is 20.1. The predicted octanol–water partition coefficient (Wildman–Crippen LogP) is 5.81. The zero-order chi connectivity index (χ0) is 25.6. The highest BCUT2D eigenvalue weighted by molar-refractivity contribution is 7.80. The third-order valence-corrected chi connectivity index (χ3v) is 7.01. The number of thiocarbonyl (C=S) groups is 1. The molecule has 0 aliphatic carbocycles. The number of nitrogens with zero attached hydrogens (tertiary/aromatic N) is 3. The highest BCUT2D eigenvalue weighted by Crippen LogP contribution is 2.44. The van der Waals surface area contributed by atoms with Crippen molar-refractivity contribution in [2.75, 3.05) is 4.90 Å². The molecule has 6 nitrogen and oxygen atoms in total. The van der Waals surface area contributed by atoms with Crippen molar-refractivity contribution in [3.8, 4) is 5.69 Å². The SMILES string of the molecule is Cc1ccc(C(=O)O)cc1-n1c(C)cc(C2C(c3ccccn3)NC(=S)N2c2ccccc2F)c1C. The van der Waals surface area contributed by atoms with Crippen LogP contribution in [0.2, 0.25) is 0 Å². The Labute approximate surface area is 214 Å². The first-order valence-corrected chi connectivity index (χ1v) is 12.0. The lowest BCUT2D eigenvalue weighted by Crippen LogP contribution is -2.30. The Hall–Kier alpha value is -4.04. The van der Waals surface area contributed by atoms with E-state index in [0.29, 0.717) is 10.8 Å². The predicted molar refractivity (Wildman–Crippen MR) is 141 cm³/mol. The van der Waals surface area contributed by atoms with Crippen molar-refractivity contribution in [2.45, 2.75) is 32.9 Å². The summed E-state index contributed by atoms with van der Waals surface area (Å²) in [5.41, 5.74) is 5.91. The second-order valence-corrected chi connectivity index (χ2v) is 9.30. The molecule has 182 valence electrons. The Morgan fingerprint density at radius 1 is 1.03 bits per heavy atom. The van der Waals surface area contributed by atoms with E-state index in [1.807, 2.05) is 54.5 Å². The molecule has 1 aliphatic heterocycles. The van der Waals surface area contributed by atoms with Crippen LogP contribution in [0.15, 0.2) is 72.9 Å². The number of aryl methyl sites for hydroxylation is 2. The molecule has 0 bridgehead atoms. The molecule has 2 atom stereocenters. The smallest absolute Gasteiger partial charge is 0.335 e. The quantitative estimate of drug-likeness (QED) is 0.337. The van der Waals surface area contributed by atoms with Crippen LogP contribution in [0, 0.1) is 26.6 Å². The van der Waals surface area contributed by atoms with Crippen molar-refractivity contribution in [3.05, 3.63) is 113 Å². The third kappa shape index (κ3) is 3.93. The van der Waals surface area contributed by atoms with E-state index in [4.69, 9.17) is 12.2 Å². The third-order valence-electron chi connectivity index (χ3n) is 6.70. The van der Waals surface area contributed by atoms with Gasteiger partial charge in [0.1, 0.15) is 5.82 Å². The molecule has 2 aromatic carbocycles. The first-order valence-electron chi connectivity index (χ1n) is 11.6. The normalized spacial score (nSPS) is 17.3. The molecule has 4 aromatic rings. The number of carboxylic acids is 1. The number of aromatic carboxylic acids is 1. The number of anilines is 1. The van der Waals surface area contributed by atoms with Gasteiger partial charge in [-0.05, 0) is 86.6 Å². The number of rotatable bonds is 5. The van der Waals surface area contributed by atoms with E-state index in [2.05, 4.69) is 16.4 Å². The van der Waals surface area contributed by atoms with Crippen LogP contribution in [-0.4, -0.2) is 25.7 Å². The van der Waals surface area contributed by atoms with Crippen molar-refractivity contribution in [1.82, 2.24) is 14.9 Å². The standard InChI is InChI=1S/C28H25FN4O2S/c1-16-11-12-19(27(34)35)15-24(16)32-17(2)14-20(18(32)3)26-25(22-9-6-7-13-30-22)31-28(36)33(26)23-10-5-4-8-21(23)29/h4-15,25-26H,1-3H3,(H,31,36)(H,34,35). The number of carbonyl (C=O) groups is 1. The topological polar surface area (TPSA) is 70.4 Å². The number of pyridine rings is 1. The number of carboxylic acid groups (broad SMARTS) is 1. The number of hydrogen-bond acceptors (Lipinski definition) is 3. The number of halogens is 1. The molecule has 8 heteroatoms. The van der Waals surface area contributed by atoms with E-state index in [1.165, 1.54) is 6.07 Å². The molecule has 2 aromatic heterocycles. The lowest BCUT2D eigenvalue weighted by atomic mass is 9.96. The Balaban J connectivity index is 1.71. The van der Waals surface area contributed by atoms with Crippen LogP contribution in [0.3, 0.4) is 0 Å². The van der Waals surface area contributed by atoms with Crippen LogP contribution in [0.4, 0.5) is 10.1 Å². The van der Waals surface area contributed by atoms with Gasteiger partial charge in [0.15, 0.2) is 5.11 Å². The van der Waals surface area contributed by atoms with Gasteiger partial charge < -0.3 is 19.9 Å². The summed E-state index contributed by atoms with van der Waals surface area (Å²) in [5, 5.41) is 13.3. The molecular weight excluding hydrogens is 475 g/mol. The molecule has 0 spiro atoms. The molecule has 2 N–H and O–H groups in total. The van der Waals surface area contributed by atoms with Gasteiger partial charge in [0.25, 0.3) is 0 Å². The molecule has 0 radical (unpaired) electrons. The maximum atomic E-state index is 15.1.